The minimum absolute atomic E-state index is 0.0459. The molecule has 92 heavy (non-hydrogen) atoms. The van der Waals surface area contributed by atoms with E-state index in [0.29, 0.717) is 4.81 Å². The second-order valence-corrected chi connectivity index (χ2v) is 22.9. The van der Waals surface area contributed by atoms with Crippen LogP contribution in [0.2, 0.25) is 22.8 Å². The van der Waals surface area contributed by atoms with Crippen molar-refractivity contribution in [2.75, 3.05) is 0 Å². The largest absolute Gasteiger partial charge is 0.337 e. The highest BCUT2D eigenvalue weighted by molar-refractivity contribution is 6.99. The Hall–Kier alpha value is -7.12. The van der Waals surface area contributed by atoms with Crippen molar-refractivity contribution in [2.45, 2.75) is 102 Å². The lowest BCUT2D eigenvalue weighted by Gasteiger charge is -2.52. The van der Waals surface area contributed by atoms with Gasteiger partial charge in [-0.25, -0.2) is 132 Å². The highest BCUT2D eigenvalue weighted by Crippen LogP contribution is 2.85. The molecule has 3 heterocycles. The first-order valence-electron chi connectivity index (χ1n) is 26.7. The van der Waals surface area contributed by atoms with E-state index in [1.165, 1.54) is 0 Å². The molecule has 1 fully saturated rings. The van der Waals surface area contributed by atoms with Crippen LogP contribution >= 0.6 is 0 Å². The molecule has 0 saturated carbocycles. The van der Waals surface area contributed by atoms with Crippen molar-refractivity contribution in [1.82, 2.24) is 9.62 Å². The van der Waals surface area contributed by atoms with E-state index in [9.17, 15) is 0 Å². The zero-order chi connectivity index (χ0) is 69.2. The number of hydrogen-bond donors (Lipinski definition) is 0. The zero-order valence-corrected chi connectivity index (χ0v) is 47.2. The smallest absolute Gasteiger partial charge is 0.254 e. The summed E-state index contributed by atoms with van der Waals surface area (Å²) >= 11 is 0. The van der Waals surface area contributed by atoms with Gasteiger partial charge in [0, 0.05) is 21.9 Å². The maximum atomic E-state index is 17.7. The Morgan fingerprint density at radius 1 is 0.315 bits per heavy atom. The summed E-state index contributed by atoms with van der Waals surface area (Å²) in [6.45, 7) is -7.01. The number of nitrogens with zero attached hydrogens (tertiary/aromatic N) is 2. The van der Waals surface area contributed by atoms with Crippen molar-refractivity contribution < 1.29 is 132 Å². The predicted molar refractivity (Wildman–Crippen MR) is 272 cm³/mol. The number of benzene rings is 6. The first-order valence-corrected chi connectivity index (χ1v) is 26.7. The molecule has 0 radical (unpaired) electrons. The normalized spacial score (nSPS) is 18.2. The highest BCUT2D eigenvalue weighted by Gasteiger charge is 2.80. The van der Waals surface area contributed by atoms with E-state index in [2.05, 4.69) is 0 Å². The van der Waals surface area contributed by atoms with Crippen LogP contribution in [0, 0.1) is 175 Å². The van der Waals surface area contributed by atoms with Gasteiger partial charge >= 0.3 is 0 Å². The van der Waals surface area contributed by atoms with Gasteiger partial charge < -0.3 is 9.62 Å². The zero-order valence-electron chi connectivity index (χ0n) is 47.2. The summed E-state index contributed by atoms with van der Waals surface area (Å²) in [5.74, 6) is -112. The number of allylic oxidation sites excluding steroid dienone is 3. The fraction of sp³-hybridized carbons (Fsp3) is 0.286. The third-order valence-electron chi connectivity index (χ3n) is 17.3. The molecular formula is C56H32B4F30N2. The summed E-state index contributed by atoms with van der Waals surface area (Å²) in [7, 11) is 0. The fourth-order valence-corrected chi connectivity index (χ4v) is 14.5. The lowest BCUT2D eigenvalue weighted by Crippen LogP contribution is -2.62. The molecule has 2 bridgehead atoms. The quantitative estimate of drug-likeness (QED) is 0.0464. The van der Waals surface area contributed by atoms with Crippen LogP contribution in [-0.2, 0) is 0 Å². The van der Waals surface area contributed by atoms with Crippen LogP contribution in [0.25, 0.3) is 11.1 Å². The molecule has 6 aromatic carbocycles. The molecule has 488 valence electrons. The lowest BCUT2D eigenvalue weighted by molar-refractivity contribution is 0.296. The lowest BCUT2D eigenvalue weighted by atomic mass is 9.17. The minimum atomic E-state index is -4.80. The fourth-order valence-electron chi connectivity index (χ4n) is 14.5. The van der Waals surface area contributed by atoms with Gasteiger partial charge in [-0.2, -0.15) is 0 Å². The Balaban J connectivity index is 1.80. The minimum Gasteiger partial charge on any atom is -0.337 e. The Morgan fingerprint density at radius 2 is 0.554 bits per heavy atom. The number of rotatable bonds is 14. The van der Waals surface area contributed by atoms with Gasteiger partial charge in [0.2, 0.25) is 25.2 Å². The summed E-state index contributed by atoms with van der Waals surface area (Å²) in [6, 6.07) is -6.54. The first-order chi connectivity index (χ1) is 42.6. The van der Waals surface area contributed by atoms with Gasteiger partial charge in [-0.05, 0) is 58.1 Å². The summed E-state index contributed by atoms with van der Waals surface area (Å²) in [5.41, 5.74) is -25.1. The Kier molecular flexibility index (Phi) is 17.8. The van der Waals surface area contributed by atoms with Crippen molar-refractivity contribution in [3.05, 3.63) is 197 Å². The van der Waals surface area contributed by atoms with Gasteiger partial charge in [0.1, 0.15) is 0 Å². The standard InChI is InChI=1S/C56H32B4F30N2/c1-10(2)91(11(3)4)57-9-14(15-24(61)36(73)48(85)37(74)25(15)62)56(59(22-32(69)44(81)52(89)45(82)33(22)70)23-34(71)46(83)53(90)47(84)35(23)72)54-16(17-26(63)38(75)49(86)39(76)27(17)64)18(19(55(56)57)60(54)92(12(5)6)13(7)8)58(20-28(65)40(77)50(87)41(78)29(20)66)21-30(67)42(79)51(88)43(80)31(21)68/h9-13,19,54-55H,1-8H3/t19-,54+,55-,56-/m0/s1. The molecule has 0 aromatic heterocycles. The number of halogens is 30. The molecule has 0 N–H and O–H groups in total. The van der Waals surface area contributed by atoms with Crippen molar-refractivity contribution in [3.63, 3.8) is 0 Å². The van der Waals surface area contributed by atoms with Gasteiger partial charge in [-0.3, -0.25) is 0 Å². The third-order valence-corrected chi connectivity index (χ3v) is 17.3. The van der Waals surface area contributed by atoms with E-state index in [-0.39, 0.29) is 5.98 Å². The molecule has 0 aliphatic carbocycles. The van der Waals surface area contributed by atoms with Crippen LogP contribution in [-0.4, -0.2) is 60.9 Å². The van der Waals surface area contributed by atoms with Gasteiger partial charge in [-0.1, -0.05) is 66.8 Å². The molecule has 3 aliphatic rings. The number of fused-ring (bicyclic) bond motifs is 5. The van der Waals surface area contributed by atoms with E-state index in [0.717, 1.165) is 60.2 Å². The summed E-state index contributed by atoms with van der Waals surface area (Å²) in [6.07, 6.45) is 0. The highest BCUT2D eigenvalue weighted by atomic mass is 19.2. The van der Waals surface area contributed by atoms with E-state index < -0.39 is 298 Å². The maximum absolute atomic E-state index is 17.7. The summed E-state index contributed by atoms with van der Waals surface area (Å²) in [5, 5.41) is -4.80. The second kappa shape index (κ2) is 23.7. The molecule has 36 heteroatoms. The average molecular weight is 1350 g/mol. The van der Waals surface area contributed by atoms with E-state index in [1.807, 2.05) is 0 Å². The van der Waals surface area contributed by atoms with Crippen molar-refractivity contribution >= 4 is 60.1 Å². The maximum Gasteiger partial charge on any atom is 0.254 e. The Bertz CT molecular complexity index is 3920. The molecule has 2 nitrogen and oxygen atoms in total. The topological polar surface area (TPSA) is 6.48 Å². The third kappa shape index (κ3) is 9.27. The molecule has 6 aromatic rings. The molecule has 1 saturated heterocycles. The van der Waals surface area contributed by atoms with E-state index in [4.69, 9.17) is 0 Å². The van der Waals surface area contributed by atoms with E-state index in [1.54, 1.807) is 0 Å². The van der Waals surface area contributed by atoms with Crippen LogP contribution < -0.4 is 21.9 Å². The molecular weight excluding hydrogens is 1310 g/mol. The van der Waals surface area contributed by atoms with Crippen LogP contribution in [0.3, 0.4) is 0 Å². The summed E-state index contributed by atoms with van der Waals surface area (Å²) < 4.78 is 497. The van der Waals surface area contributed by atoms with Crippen molar-refractivity contribution in [3.8, 4) is 0 Å². The molecule has 9 rings (SSSR count). The second-order valence-electron chi connectivity index (χ2n) is 22.9. The van der Waals surface area contributed by atoms with Crippen LogP contribution in [0.5, 0.6) is 0 Å². The van der Waals surface area contributed by atoms with Crippen LogP contribution in [0.15, 0.2) is 11.4 Å². The predicted octanol–water partition coefficient (Wildman–Crippen LogP) is 14.5. The summed E-state index contributed by atoms with van der Waals surface area (Å²) in [4.78, 5) is 1.44. The molecule has 0 amide bonds. The molecule has 0 unspecified atom stereocenters. The SMILES string of the molecule is CC(C)N(B1[C@@H]2C(c3c(F)c(F)c(F)c(F)c3F)=C(B(c3c(F)c(F)c(F)c(F)c3F)c3c(F)c(F)c(F)c(F)c3F)[C@H]1[C@@H]1B(N(C(C)C)C(C)C)C=C(c3c(F)c(F)c(F)c(F)c3F)[C@]21B(c1c(F)c(F)c(F)c(F)c1F)c1c(F)c(F)c(F)c(F)c1F)C(C)C. The van der Waals surface area contributed by atoms with Crippen molar-refractivity contribution in [1.29, 1.82) is 0 Å². The first kappa shape index (κ1) is 69.2. The monoisotopic (exact) mass is 1350 g/mol. The Labute approximate surface area is 499 Å². The molecule has 3 aliphatic heterocycles. The number of hydrogen-bond acceptors (Lipinski definition) is 2. The Morgan fingerprint density at radius 3 is 0.826 bits per heavy atom. The molecule has 4 atom stereocenters. The van der Waals surface area contributed by atoms with Crippen LogP contribution in [0.4, 0.5) is 132 Å². The van der Waals surface area contributed by atoms with Gasteiger partial charge in [0.05, 0.1) is 11.1 Å². The molecule has 0 spiro atoms. The average Bonchev–Trinajstić information content (AvgIpc) is 1.46. The van der Waals surface area contributed by atoms with Crippen molar-refractivity contribution in [2.24, 2.45) is 0 Å². The van der Waals surface area contributed by atoms with Gasteiger partial charge in [-0.15, -0.1) is 0 Å². The van der Waals surface area contributed by atoms with Gasteiger partial charge in [0.25, 0.3) is 13.6 Å². The van der Waals surface area contributed by atoms with Gasteiger partial charge in [0.15, 0.2) is 163 Å². The van der Waals surface area contributed by atoms with E-state index >= 15 is 132 Å². The van der Waals surface area contributed by atoms with Crippen LogP contribution in [0.1, 0.15) is 66.5 Å².